The first-order chi connectivity index (χ1) is 10.1. The molecule has 3 rings (SSSR count). The first kappa shape index (κ1) is 14.8. The molecule has 1 heterocycles. The molecule has 1 aromatic carbocycles. The van der Waals surface area contributed by atoms with Gasteiger partial charge in [-0.2, -0.15) is 0 Å². The Morgan fingerprint density at radius 1 is 1.38 bits per heavy atom. The van der Waals surface area contributed by atoms with E-state index in [1.165, 1.54) is 31.7 Å². The van der Waals surface area contributed by atoms with Gasteiger partial charge < -0.3 is 10.1 Å². The average Bonchev–Trinajstić information content (AvgIpc) is 3.17. The number of rotatable bonds is 7. The summed E-state index contributed by atoms with van der Waals surface area (Å²) >= 11 is 0. The van der Waals surface area contributed by atoms with Crippen molar-refractivity contribution in [3.8, 4) is 5.75 Å². The Hall–Kier alpha value is -1.09. The fraction of sp³-hybridized carbons (Fsp3) is 0.667. The van der Waals surface area contributed by atoms with E-state index in [1.54, 1.807) is 12.1 Å². The summed E-state index contributed by atoms with van der Waals surface area (Å²) in [6, 6.07) is 5.62. The molecule has 0 bridgehead atoms. The molecule has 1 saturated carbocycles. The second-order valence-corrected chi connectivity index (χ2v) is 7.12. The summed E-state index contributed by atoms with van der Waals surface area (Å²) in [5.74, 6) is 0.708. The molecule has 1 aliphatic heterocycles. The predicted molar refractivity (Wildman–Crippen MR) is 83.2 cm³/mol. The molecule has 2 unspecified atom stereocenters. The molecule has 1 fully saturated rings. The van der Waals surface area contributed by atoms with Crippen LogP contribution in [-0.4, -0.2) is 18.7 Å². The second-order valence-electron chi connectivity index (χ2n) is 7.12. The van der Waals surface area contributed by atoms with Crippen LogP contribution in [0.25, 0.3) is 0 Å². The number of halogens is 1. The highest BCUT2D eigenvalue weighted by Crippen LogP contribution is 2.37. The molecule has 2 aliphatic rings. The van der Waals surface area contributed by atoms with Crippen LogP contribution in [0.15, 0.2) is 18.2 Å². The van der Waals surface area contributed by atoms with E-state index in [1.807, 2.05) is 0 Å². The minimum atomic E-state index is -0.162. The zero-order valence-corrected chi connectivity index (χ0v) is 13.1. The Labute approximate surface area is 127 Å². The van der Waals surface area contributed by atoms with Gasteiger partial charge in [0, 0.05) is 24.6 Å². The van der Waals surface area contributed by atoms with E-state index in [0.29, 0.717) is 0 Å². The Bertz CT molecular complexity index is 500. The Kier molecular flexibility index (Phi) is 4.21. The molecule has 2 atom stereocenters. The molecule has 0 radical (unpaired) electrons. The van der Waals surface area contributed by atoms with Crippen LogP contribution >= 0.6 is 0 Å². The van der Waals surface area contributed by atoms with Crippen molar-refractivity contribution in [2.45, 2.75) is 64.5 Å². The summed E-state index contributed by atoms with van der Waals surface area (Å²) in [6.45, 7) is 5.67. The van der Waals surface area contributed by atoms with Gasteiger partial charge in [-0.15, -0.1) is 0 Å². The van der Waals surface area contributed by atoms with Gasteiger partial charge in [0.15, 0.2) is 0 Å². The van der Waals surface area contributed by atoms with Crippen molar-refractivity contribution in [1.82, 2.24) is 5.32 Å². The lowest BCUT2D eigenvalue weighted by atomic mass is 9.79. The van der Waals surface area contributed by atoms with E-state index in [2.05, 4.69) is 19.2 Å². The van der Waals surface area contributed by atoms with Crippen LogP contribution in [0.2, 0.25) is 0 Å². The molecular weight excluding hydrogens is 265 g/mol. The summed E-state index contributed by atoms with van der Waals surface area (Å²) < 4.78 is 19.3. The molecule has 0 saturated heterocycles. The Balaban J connectivity index is 1.61. The normalized spacial score (nSPS) is 23.5. The summed E-state index contributed by atoms with van der Waals surface area (Å²) in [5.41, 5.74) is 1.29. The lowest BCUT2D eigenvalue weighted by Crippen LogP contribution is -2.37. The van der Waals surface area contributed by atoms with Gasteiger partial charge in [-0.1, -0.05) is 20.3 Å². The van der Waals surface area contributed by atoms with Gasteiger partial charge in [-0.05, 0) is 49.3 Å². The molecular formula is C18H26FNO. The maximum Gasteiger partial charge on any atom is 0.123 e. The maximum atomic E-state index is 13.3. The lowest BCUT2D eigenvalue weighted by molar-refractivity contribution is 0.135. The molecule has 2 nitrogen and oxygen atoms in total. The van der Waals surface area contributed by atoms with E-state index in [0.717, 1.165) is 36.7 Å². The minimum Gasteiger partial charge on any atom is -0.490 e. The number of hydrogen-bond donors (Lipinski definition) is 1. The largest absolute Gasteiger partial charge is 0.490 e. The van der Waals surface area contributed by atoms with Gasteiger partial charge in [0.2, 0.25) is 0 Å². The standard InChI is InChI=1S/C18H26FNO/c1-3-8-18(2,12-20-15-5-6-15)11-16-10-13-9-14(19)4-7-17(13)21-16/h4,7,9,15-16,20H,3,5-6,8,10-12H2,1-2H3. The van der Waals surface area contributed by atoms with Gasteiger partial charge in [0.05, 0.1) is 0 Å². The molecule has 0 amide bonds. The Morgan fingerprint density at radius 3 is 2.90 bits per heavy atom. The molecule has 0 aromatic heterocycles. The van der Waals surface area contributed by atoms with Gasteiger partial charge >= 0.3 is 0 Å². The maximum absolute atomic E-state index is 13.3. The number of benzene rings is 1. The number of fused-ring (bicyclic) bond motifs is 1. The first-order valence-electron chi connectivity index (χ1n) is 8.26. The predicted octanol–water partition coefficient (Wildman–Crippen LogP) is 4.08. The lowest BCUT2D eigenvalue weighted by Gasteiger charge is -2.32. The minimum absolute atomic E-state index is 0.162. The van der Waals surface area contributed by atoms with Gasteiger partial charge in [0.25, 0.3) is 0 Å². The van der Waals surface area contributed by atoms with E-state index in [9.17, 15) is 4.39 Å². The fourth-order valence-electron chi connectivity index (χ4n) is 3.50. The fourth-order valence-corrected chi connectivity index (χ4v) is 3.50. The van der Waals surface area contributed by atoms with Crippen molar-refractivity contribution in [3.63, 3.8) is 0 Å². The highest BCUT2D eigenvalue weighted by Gasteiger charge is 2.34. The number of hydrogen-bond acceptors (Lipinski definition) is 2. The Morgan fingerprint density at radius 2 is 2.19 bits per heavy atom. The third-order valence-electron chi connectivity index (χ3n) is 4.73. The topological polar surface area (TPSA) is 21.3 Å². The monoisotopic (exact) mass is 291 g/mol. The van der Waals surface area contributed by atoms with Crippen LogP contribution in [0.3, 0.4) is 0 Å². The zero-order valence-electron chi connectivity index (χ0n) is 13.1. The van der Waals surface area contributed by atoms with Crippen LogP contribution in [0.1, 0.15) is 51.5 Å². The quantitative estimate of drug-likeness (QED) is 0.817. The second kappa shape index (κ2) is 5.96. The van der Waals surface area contributed by atoms with Crippen molar-refractivity contribution in [3.05, 3.63) is 29.6 Å². The van der Waals surface area contributed by atoms with E-state index in [-0.39, 0.29) is 17.3 Å². The molecule has 3 heteroatoms. The number of ether oxygens (including phenoxy) is 1. The van der Waals surface area contributed by atoms with Crippen molar-refractivity contribution in [2.24, 2.45) is 5.41 Å². The van der Waals surface area contributed by atoms with Crippen molar-refractivity contribution in [1.29, 1.82) is 0 Å². The van der Waals surface area contributed by atoms with Crippen LogP contribution in [0.5, 0.6) is 5.75 Å². The van der Waals surface area contributed by atoms with Crippen LogP contribution in [0.4, 0.5) is 4.39 Å². The summed E-state index contributed by atoms with van der Waals surface area (Å²) in [4.78, 5) is 0. The smallest absolute Gasteiger partial charge is 0.123 e. The van der Waals surface area contributed by atoms with Gasteiger partial charge in [-0.25, -0.2) is 4.39 Å². The molecule has 21 heavy (non-hydrogen) atoms. The average molecular weight is 291 g/mol. The SMILES string of the molecule is CCCC(C)(CNC1CC1)CC1Cc2cc(F)ccc2O1. The highest BCUT2D eigenvalue weighted by molar-refractivity contribution is 5.37. The summed E-state index contributed by atoms with van der Waals surface area (Å²) in [6.07, 6.45) is 7.13. The van der Waals surface area contributed by atoms with Crippen LogP contribution < -0.4 is 10.1 Å². The third-order valence-corrected chi connectivity index (χ3v) is 4.73. The molecule has 116 valence electrons. The molecule has 1 N–H and O–H groups in total. The first-order valence-corrected chi connectivity index (χ1v) is 8.26. The summed E-state index contributed by atoms with van der Waals surface area (Å²) in [7, 11) is 0. The van der Waals surface area contributed by atoms with E-state index in [4.69, 9.17) is 4.74 Å². The van der Waals surface area contributed by atoms with Gasteiger partial charge in [0.1, 0.15) is 17.7 Å². The van der Waals surface area contributed by atoms with E-state index < -0.39 is 0 Å². The third kappa shape index (κ3) is 3.76. The van der Waals surface area contributed by atoms with Crippen LogP contribution in [-0.2, 0) is 6.42 Å². The molecule has 1 aliphatic carbocycles. The van der Waals surface area contributed by atoms with Crippen molar-refractivity contribution in [2.75, 3.05) is 6.54 Å². The van der Waals surface area contributed by atoms with Gasteiger partial charge in [-0.3, -0.25) is 0 Å². The number of nitrogens with one attached hydrogen (secondary N) is 1. The van der Waals surface area contributed by atoms with Crippen LogP contribution in [0, 0.1) is 11.2 Å². The molecule has 0 spiro atoms. The summed E-state index contributed by atoms with van der Waals surface area (Å²) in [5, 5.41) is 3.67. The zero-order chi connectivity index (χ0) is 14.9. The van der Waals surface area contributed by atoms with Crippen molar-refractivity contribution < 1.29 is 9.13 Å². The molecule has 1 aromatic rings. The van der Waals surface area contributed by atoms with Crippen molar-refractivity contribution >= 4 is 0 Å². The highest BCUT2D eigenvalue weighted by atomic mass is 19.1. The van der Waals surface area contributed by atoms with E-state index >= 15 is 0 Å².